The molecule has 0 amide bonds. The van der Waals surface area contributed by atoms with Gasteiger partial charge in [0.25, 0.3) is 0 Å². The molecule has 0 rings (SSSR count). The molecule has 0 unspecified atom stereocenters. The van der Waals surface area contributed by atoms with E-state index in [4.69, 9.17) is 20.4 Å². The van der Waals surface area contributed by atoms with Crippen molar-refractivity contribution in [2.75, 3.05) is 6.61 Å². The van der Waals surface area contributed by atoms with Crippen molar-refractivity contribution in [3.8, 4) is 0 Å². The van der Waals surface area contributed by atoms with Gasteiger partial charge in [0.2, 0.25) is 0 Å². The van der Waals surface area contributed by atoms with Crippen molar-refractivity contribution in [1.82, 2.24) is 0 Å². The standard InChI is InChI=1S/C5H10O4S/c6-1-3(7)5(9)4(8)2-10/h2-9H,1H2/t3-,4-,5+/m1/s1. The van der Waals surface area contributed by atoms with E-state index in [0.717, 1.165) is 5.37 Å². The zero-order chi connectivity index (χ0) is 8.15. The molecule has 0 saturated carbocycles. The van der Waals surface area contributed by atoms with E-state index in [9.17, 15) is 0 Å². The highest BCUT2D eigenvalue weighted by Gasteiger charge is 2.21. The molecule has 0 radical (unpaired) electrons. The summed E-state index contributed by atoms with van der Waals surface area (Å²) in [5.74, 6) is 0. The summed E-state index contributed by atoms with van der Waals surface area (Å²) in [5, 5.41) is 35.5. The van der Waals surface area contributed by atoms with Crippen LogP contribution in [0.3, 0.4) is 0 Å². The predicted molar refractivity (Wildman–Crippen MR) is 38.8 cm³/mol. The summed E-state index contributed by atoms with van der Waals surface area (Å²) in [6.45, 7) is -0.596. The highest BCUT2D eigenvalue weighted by Crippen LogP contribution is 1.97. The van der Waals surface area contributed by atoms with Crippen molar-refractivity contribution < 1.29 is 20.4 Å². The van der Waals surface area contributed by atoms with Crippen molar-refractivity contribution >= 4 is 17.6 Å². The van der Waals surface area contributed by atoms with Gasteiger partial charge >= 0.3 is 0 Å². The molecule has 0 fully saturated rings. The molecule has 60 valence electrons. The lowest BCUT2D eigenvalue weighted by atomic mass is 10.1. The molecule has 0 aromatic rings. The molecule has 0 spiro atoms. The third-order valence-electron chi connectivity index (χ3n) is 1.07. The minimum absolute atomic E-state index is 0.596. The summed E-state index contributed by atoms with van der Waals surface area (Å²) in [7, 11) is 0. The van der Waals surface area contributed by atoms with Gasteiger partial charge in [0.15, 0.2) is 0 Å². The number of rotatable bonds is 4. The van der Waals surface area contributed by atoms with Crippen molar-refractivity contribution in [3.63, 3.8) is 0 Å². The third-order valence-corrected chi connectivity index (χ3v) is 1.35. The highest BCUT2D eigenvalue weighted by molar-refractivity contribution is 7.79. The molecule has 0 saturated heterocycles. The minimum atomic E-state index is -1.40. The molecule has 10 heavy (non-hydrogen) atoms. The second-order valence-corrected chi connectivity index (χ2v) is 2.14. The SMILES string of the molecule is OC[C@@H](O)[C@H](O)[C@H](O)C=S. The van der Waals surface area contributed by atoms with Crippen molar-refractivity contribution in [2.45, 2.75) is 18.3 Å². The Morgan fingerprint density at radius 2 is 1.80 bits per heavy atom. The van der Waals surface area contributed by atoms with Crippen molar-refractivity contribution in [2.24, 2.45) is 0 Å². The minimum Gasteiger partial charge on any atom is -0.394 e. The summed E-state index contributed by atoms with van der Waals surface area (Å²) >= 11 is 4.29. The van der Waals surface area contributed by atoms with Crippen LogP contribution in [-0.4, -0.2) is 50.7 Å². The van der Waals surface area contributed by atoms with Crippen LogP contribution in [0.25, 0.3) is 0 Å². The number of hydrogen-bond acceptors (Lipinski definition) is 5. The fourth-order valence-corrected chi connectivity index (χ4v) is 0.577. The molecular formula is C5H10O4S. The van der Waals surface area contributed by atoms with E-state index < -0.39 is 24.9 Å². The van der Waals surface area contributed by atoms with Crippen LogP contribution >= 0.6 is 12.2 Å². The molecule has 4 N–H and O–H groups in total. The lowest BCUT2D eigenvalue weighted by molar-refractivity contribution is -0.0536. The number of hydrogen-bond donors (Lipinski definition) is 4. The molecule has 0 aliphatic rings. The monoisotopic (exact) mass is 166 g/mol. The first kappa shape index (κ1) is 9.93. The normalized spacial score (nSPS) is 19.6. The van der Waals surface area contributed by atoms with Crippen LogP contribution in [0.15, 0.2) is 0 Å². The van der Waals surface area contributed by atoms with Gasteiger partial charge in [-0.1, -0.05) is 12.2 Å². The summed E-state index contributed by atoms with van der Waals surface area (Å²) in [6, 6.07) is 0. The maximum Gasteiger partial charge on any atom is 0.112 e. The average molecular weight is 166 g/mol. The second-order valence-electron chi connectivity index (χ2n) is 1.87. The molecule has 0 bridgehead atoms. The van der Waals surface area contributed by atoms with Crippen LogP contribution in [0.2, 0.25) is 0 Å². The molecule has 4 nitrogen and oxygen atoms in total. The Hall–Kier alpha value is -0.0700. The van der Waals surface area contributed by atoms with Gasteiger partial charge in [-0.25, -0.2) is 0 Å². The molecule has 5 heteroatoms. The Labute approximate surface area is 63.7 Å². The highest BCUT2D eigenvalue weighted by atomic mass is 32.1. The first-order chi connectivity index (χ1) is 4.63. The van der Waals surface area contributed by atoms with E-state index in [1.807, 2.05) is 0 Å². The van der Waals surface area contributed by atoms with E-state index in [2.05, 4.69) is 12.2 Å². The topological polar surface area (TPSA) is 80.9 Å². The van der Waals surface area contributed by atoms with E-state index in [-0.39, 0.29) is 0 Å². The Kier molecular flexibility index (Phi) is 4.67. The molecule has 3 atom stereocenters. The Morgan fingerprint density at radius 3 is 2.10 bits per heavy atom. The molecular weight excluding hydrogens is 156 g/mol. The Balaban J connectivity index is 3.80. The number of aliphatic hydroxyl groups excluding tert-OH is 4. The van der Waals surface area contributed by atoms with E-state index in [0.29, 0.717) is 0 Å². The fourth-order valence-electron chi connectivity index (χ4n) is 0.416. The summed E-state index contributed by atoms with van der Waals surface area (Å²) < 4.78 is 0. The second kappa shape index (κ2) is 4.70. The third kappa shape index (κ3) is 2.68. The first-order valence-electron chi connectivity index (χ1n) is 2.73. The van der Waals surface area contributed by atoms with Gasteiger partial charge in [-0.3, -0.25) is 0 Å². The maximum absolute atomic E-state index is 8.83. The van der Waals surface area contributed by atoms with E-state index >= 15 is 0 Å². The van der Waals surface area contributed by atoms with Gasteiger partial charge < -0.3 is 20.4 Å². The zero-order valence-electron chi connectivity index (χ0n) is 5.21. The van der Waals surface area contributed by atoms with Crippen LogP contribution in [0.5, 0.6) is 0 Å². The first-order valence-corrected chi connectivity index (χ1v) is 3.21. The van der Waals surface area contributed by atoms with Gasteiger partial charge in [0.1, 0.15) is 18.3 Å². The largest absolute Gasteiger partial charge is 0.394 e. The van der Waals surface area contributed by atoms with Gasteiger partial charge in [0, 0.05) is 5.37 Å². The van der Waals surface area contributed by atoms with Gasteiger partial charge in [-0.2, -0.15) is 0 Å². The molecule has 0 aliphatic heterocycles. The lowest BCUT2D eigenvalue weighted by Gasteiger charge is -2.17. The maximum atomic E-state index is 8.83. The van der Waals surface area contributed by atoms with E-state index in [1.54, 1.807) is 0 Å². The lowest BCUT2D eigenvalue weighted by Crippen LogP contribution is -2.39. The average Bonchev–Trinajstić information content (AvgIpc) is 2.00. The summed E-state index contributed by atoms with van der Waals surface area (Å²) in [6.07, 6.45) is -4.01. The van der Waals surface area contributed by atoms with Crippen LogP contribution < -0.4 is 0 Å². The molecule has 0 aliphatic carbocycles. The molecule has 0 aromatic carbocycles. The Morgan fingerprint density at radius 1 is 1.30 bits per heavy atom. The smallest absolute Gasteiger partial charge is 0.112 e. The predicted octanol–water partition coefficient (Wildman–Crippen LogP) is -1.94. The van der Waals surface area contributed by atoms with Crippen LogP contribution in [0.4, 0.5) is 0 Å². The van der Waals surface area contributed by atoms with Gasteiger partial charge in [-0.15, -0.1) is 0 Å². The van der Waals surface area contributed by atoms with Crippen molar-refractivity contribution in [3.05, 3.63) is 0 Å². The quantitative estimate of drug-likeness (QED) is 0.365. The summed E-state index contributed by atoms with van der Waals surface area (Å²) in [4.78, 5) is 0. The summed E-state index contributed by atoms with van der Waals surface area (Å²) in [5.41, 5.74) is 0. The molecule has 0 heterocycles. The van der Waals surface area contributed by atoms with Crippen LogP contribution in [0.1, 0.15) is 0 Å². The van der Waals surface area contributed by atoms with Crippen LogP contribution in [-0.2, 0) is 0 Å². The number of aliphatic hydroxyl groups is 4. The van der Waals surface area contributed by atoms with Gasteiger partial charge in [0.05, 0.1) is 6.61 Å². The Bertz CT molecular complexity index is 108. The van der Waals surface area contributed by atoms with Gasteiger partial charge in [-0.05, 0) is 0 Å². The molecule has 0 aromatic heterocycles. The fraction of sp³-hybridized carbons (Fsp3) is 0.800. The zero-order valence-corrected chi connectivity index (χ0v) is 6.03. The van der Waals surface area contributed by atoms with E-state index in [1.165, 1.54) is 0 Å². The van der Waals surface area contributed by atoms with Crippen molar-refractivity contribution in [1.29, 1.82) is 0 Å². The van der Waals surface area contributed by atoms with Crippen LogP contribution in [0, 0.1) is 0 Å². The number of thiocarbonyl (C=S) groups is 1.